The summed E-state index contributed by atoms with van der Waals surface area (Å²) in [6.07, 6.45) is 4.17. The van der Waals surface area contributed by atoms with Gasteiger partial charge in [0.05, 0.1) is 28.8 Å². The van der Waals surface area contributed by atoms with Crippen LogP contribution in [0.2, 0.25) is 10.0 Å². The number of benzene rings is 4. The Balaban J connectivity index is 0.000000211. The number of nitrogens with one attached hydrogen (secondary N) is 1. The summed E-state index contributed by atoms with van der Waals surface area (Å²) >= 11 is 12.0. The summed E-state index contributed by atoms with van der Waals surface area (Å²) in [4.78, 5) is 73.2. The SMILES string of the molecule is CC(C(=O)N(C)C1CCN(C)CC1)N1CC[C@H](N(CC(N)=O)S(=O)(=O)c2ccc3cc(Cl)ccc3c2)C1=O.C[C@@H](C(=O)N(CCC#N)C1CC1)N1CC[C@H](NS(=O)(=O)c2ccc3cc(Cl)ccc3c2)C1=O. The maximum Gasteiger partial charge on any atom is 0.245 e. The van der Waals surface area contributed by atoms with Gasteiger partial charge < -0.3 is 30.2 Å². The molecule has 0 spiro atoms. The zero-order valence-corrected chi connectivity index (χ0v) is 43.2. The number of nitrogens with zero attached hydrogens (tertiary/aromatic N) is 7. The number of amides is 5. The van der Waals surface area contributed by atoms with Gasteiger partial charge in [0.15, 0.2) is 0 Å². The maximum absolute atomic E-state index is 13.7. The lowest BCUT2D eigenvalue weighted by Crippen LogP contribution is -2.54. The Morgan fingerprint density at radius 2 is 1.25 bits per heavy atom. The van der Waals surface area contributed by atoms with Crippen LogP contribution in [0, 0.1) is 11.3 Å². The summed E-state index contributed by atoms with van der Waals surface area (Å²) in [6.45, 7) is 5.28. The van der Waals surface area contributed by atoms with Gasteiger partial charge in [0, 0.05) is 48.8 Å². The number of hydrogen-bond donors (Lipinski definition) is 2. The topological polar surface area (TPSA) is 235 Å². The van der Waals surface area contributed by atoms with Crippen molar-refractivity contribution < 1.29 is 40.8 Å². The number of rotatable bonds is 16. The Morgan fingerprint density at radius 1 is 0.732 bits per heavy atom. The highest BCUT2D eigenvalue weighted by molar-refractivity contribution is 7.89. The van der Waals surface area contributed by atoms with Crippen LogP contribution in [-0.2, 0) is 44.0 Å². The largest absolute Gasteiger partial charge is 0.369 e. The monoisotopic (exact) mass is 1050 g/mol. The number of halogens is 2. The first kappa shape index (κ1) is 53.4. The predicted octanol–water partition coefficient (Wildman–Crippen LogP) is 4.18. The quantitative estimate of drug-likeness (QED) is 0.162. The van der Waals surface area contributed by atoms with Crippen LogP contribution in [0.5, 0.6) is 0 Å². The number of piperidine rings is 1. The highest BCUT2D eigenvalue weighted by Crippen LogP contribution is 2.32. The number of likely N-dealkylation sites (tertiary alicyclic amines) is 3. The van der Waals surface area contributed by atoms with Gasteiger partial charge in [-0.1, -0.05) is 47.5 Å². The number of primary amides is 1. The number of fused-ring (bicyclic) bond motifs is 2. The molecule has 380 valence electrons. The molecule has 1 aliphatic carbocycles. The van der Waals surface area contributed by atoms with Crippen molar-refractivity contribution in [1.29, 1.82) is 5.26 Å². The number of carbonyl (C=O) groups excluding carboxylic acids is 5. The lowest BCUT2D eigenvalue weighted by atomic mass is 10.0. The van der Waals surface area contributed by atoms with Gasteiger partial charge in [0.1, 0.15) is 24.2 Å². The Bertz CT molecular complexity index is 2980. The van der Waals surface area contributed by atoms with Crippen molar-refractivity contribution in [2.75, 3.05) is 53.4 Å². The van der Waals surface area contributed by atoms with Crippen LogP contribution in [0.15, 0.2) is 82.6 Å². The van der Waals surface area contributed by atoms with E-state index in [4.69, 9.17) is 34.2 Å². The van der Waals surface area contributed by atoms with E-state index >= 15 is 0 Å². The molecule has 22 heteroatoms. The molecule has 4 aromatic rings. The first-order valence-electron chi connectivity index (χ1n) is 23.6. The van der Waals surface area contributed by atoms with Crippen LogP contribution in [0.4, 0.5) is 0 Å². The number of nitrogens with two attached hydrogens (primary N) is 1. The molecule has 1 saturated carbocycles. The van der Waals surface area contributed by atoms with Gasteiger partial charge >= 0.3 is 0 Å². The van der Waals surface area contributed by atoms with E-state index in [0.29, 0.717) is 22.0 Å². The van der Waals surface area contributed by atoms with Crippen LogP contribution in [0.1, 0.15) is 58.8 Å². The molecule has 0 radical (unpaired) electrons. The molecule has 4 fully saturated rings. The number of likely N-dealkylation sites (N-methyl/N-ethyl adjacent to an activating group) is 1. The molecular weight excluding hydrogens is 994 g/mol. The van der Waals surface area contributed by atoms with Crippen molar-refractivity contribution in [3.05, 3.63) is 82.8 Å². The highest BCUT2D eigenvalue weighted by atomic mass is 35.5. The fourth-order valence-electron chi connectivity index (χ4n) is 9.55. The van der Waals surface area contributed by atoms with Crippen LogP contribution >= 0.6 is 23.2 Å². The summed E-state index contributed by atoms with van der Waals surface area (Å²) in [5.41, 5.74) is 5.41. The van der Waals surface area contributed by atoms with Gasteiger partial charge in [-0.25, -0.2) is 16.8 Å². The number of carbonyl (C=O) groups is 5. The van der Waals surface area contributed by atoms with Crippen LogP contribution < -0.4 is 10.5 Å². The second kappa shape index (κ2) is 22.2. The molecule has 8 rings (SSSR count). The van der Waals surface area contributed by atoms with Crippen molar-refractivity contribution in [2.24, 2.45) is 5.73 Å². The second-order valence-corrected chi connectivity index (χ2v) is 23.1. The predicted molar refractivity (Wildman–Crippen MR) is 269 cm³/mol. The highest BCUT2D eigenvalue weighted by Gasteiger charge is 2.46. The molecule has 0 bridgehead atoms. The molecular formula is C49H59Cl2N9O9S2. The Kier molecular flexibility index (Phi) is 16.7. The van der Waals surface area contributed by atoms with Crippen molar-refractivity contribution in [3.8, 4) is 6.07 Å². The van der Waals surface area contributed by atoms with E-state index in [1.54, 1.807) is 85.3 Å². The minimum Gasteiger partial charge on any atom is -0.369 e. The Hall–Kier alpha value is -5.40. The second-order valence-electron chi connectivity index (χ2n) is 18.7. The number of sulfonamides is 2. The standard InChI is InChI=1S/C26H34ClN5O5S.C23H25ClN4O4S/c1-17(25(34)30(3)21-8-11-29(2)12-9-21)31-13-10-23(26(31)35)32(16-24(28)33)38(36,37)22-7-5-18-14-20(27)6-4-19(18)15-22;1-15(22(29)28(11-2-10-25)19-6-7-19)27-12-9-21(23(27)30)26-33(31,32)20-8-4-16-13-18(24)5-3-17(16)14-20/h4-7,14-15,17,21,23H,8-13,16H2,1-3H3,(H2,28,33);3-5,8,13-15,19,21,26H,2,6-7,9,11-12H2,1H3/t17?,23-;15-,21-/m00/s1. The van der Waals surface area contributed by atoms with Gasteiger partial charge in [-0.05, 0) is 143 Å². The van der Waals surface area contributed by atoms with Crippen LogP contribution in [0.25, 0.3) is 21.5 Å². The fraction of sp³-hybridized carbons (Fsp3) is 0.469. The molecule has 18 nitrogen and oxygen atoms in total. The van der Waals surface area contributed by atoms with Gasteiger partial charge in [-0.2, -0.15) is 14.3 Å². The minimum absolute atomic E-state index is 0.0594. The molecule has 1 unspecified atom stereocenters. The molecule has 3 saturated heterocycles. The van der Waals surface area contributed by atoms with E-state index in [1.165, 1.54) is 28.0 Å². The van der Waals surface area contributed by atoms with E-state index in [2.05, 4.69) is 15.7 Å². The number of hydrogen-bond acceptors (Lipinski definition) is 11. The molecule has 3 aliphatic heterocycles. The lowest BCUT2D eigenvalue weighted by Gasteiger charge is -2.37. The summed E-state index contributed by atoms with van der Waals surface area (Å²) in [5, 5.41) is 12.9. The molecule has 5 amide bonds. The smallest absolute Gasteiger partial charge is 0.245 e. The first-order valence-corrected chi connectivity index (χ1v) is 27.2. The van der Waals surface area contributed by atoms with Crippen molar-refractivity contribution >= 4 is 94.3 Å². The van der Waals surface area contributed by atoms with Gasteiger partial charge in [0.2, 0.25) is 49.6 Å². The van der Waals surface area contributed by atoms with E-state index in [9.17, 15) is 40.8 Å². The van der Waals surface area contributed by atoms with Crippen LogP contribution in [-0.4, -0.2) is 165 Å². The Morgan fingerprint density at radius 3 is 1.83 bits per heavy atom. The zero-order valence-electron chi connectivity index (χ0n) is 40.0. The average molecular weight is 1050 g/mol. The maximum atomic E-state index is 13.7. The molecule has 3 N–H and O–H groups in total. The van der Waals surface area contributed by atoms with Gasteiger partial charge in [-0.3, -0.25) is 24.0 Å². The molecule has 3 heterocycles. The molecule has 0 aromatic heterocycles. The van der Waals surface area contributed by atoms with Crippen molar-refractivity contribution in [3.63, 3.8) is 0 Å². The van der Waals surface area contributed by atoms with E-state index in [-0.39, 0.29) is 66.0 Å². The van der Waals surface area contributed by atoms with E-state index in [0.717, 1.165) is 59.2 Å². The van der Waals surface area contributed by atoms with Crippen LogP contribution in [0.3, 0.4) is 0 Å². The van der Waals surface area contributed by atoms with Gasteiger partial charge in [0.25, 0.3) is 0 Å². The summed E-state index contributed by atoms with van der Waals surface area (Å²) in [5.74, 6) is -2.19. The van der Waals surface area contributed by atoms with Crippen molar-refractivity contribution in [2.45, 2.75) is 105 Å². The normalized spacial score (nSPS) is 19.9. The Labute approximate surface area is 424 Å². The lowest BCUT2D eigenvalue weighted by molar-refractivity contribution is -0.145. The number of nitriles is 1. The third-order valence-corrected chi connectivity index (χ3v) is 17.6. The van der Waals surface area contributed by atoms with Gasteiger partial charge in [-0.15, -0.1) is 0 Å². The fourth-order valence-corrected chi connectivity index (χ4v) is 12.8. The third-order valence-electron chi connectivity index (χ3n) is 13.8. The molecule has 4 aliphatic rings. The van der Waals surface area contributed by atoms with E-state index < -0.39 is 68.5 Å². The minimum atomic E-state index is -4.27. The molecule has 71 heavy (non-hydrogen) atoms. The summed E-state index contributed by atoms with van der Waals surface area (Å²) in [7, 11) is -4.41. The average Bonchev–Trinajstić information content (AvgIpc) is 4.02. The third kappa shape index (κ3) is 12.1. The summed E-state index contributed by atoms with van der Waals surface area (Å²) < 4.78 is 56.7. The first-order chi connectivity index (χ1) is 33.6. The van der Waals surface area contributed by atoms with E-state index in [1.807, 2.05) is 7.05 Å². The van der Waals surface area contributed by atoms with Crippen molar-refractivity contribution in [1.82, 2.24) is 33.5 Å². The summed E-state index contributed by atoms with van der Waals surface area (Å²) in [6, 6.07) is 18.2. The molecule has 4 atom stereocenters. The molecule has 4 aromatic carbocycles. The zero-order chi connectivity index (χ0) is 51.5.